The first-order chi connectivity index (χ1) is 12.5. The second-order valence-corrected chi connectivity index (χ2v) is 6.85. The van der Waals surface area contributed by atoms with Crippen molar-refractivity contribution < 1.29 is 14.3 Å². The molecule has 1 aliphatic carbocycles. The predicted octanol–water partition coefficient (Wildman–Crippen LogP) is 3.35. The third-order valence-electron chi connectivity index (χ3n) is 5.31. The number of esters is 1. The number of ether oxygens (including phenoxy) is 1. The second kappa shape index (κ2) is 5.99. The Morgan fingerprint density at radius 2 is 1.69 bits per heavy atom. The van der Waals surface area contributed by atoms with Crippen molar-refractivity contribution in [3.05, 3.63) is 89.0 Å². The van der Waals surface area contributed by atoms with Crippen LogP contribution in [0.15, 0.2) is 77.9 Å². The Morgan fingerprint density at radius 3 is 2.31 bits per heavy atom. The maximum atomic E-state index is 12.4. The van der Waals surface area contributed by atoms with Gasteiger partial charge in [-0.15, -0.1) is 0 Å². The van der Waals surface area contributed by atoms with Gasteiger partial charge in [0.15, 0.2) is 0 Å². The molecule has 2 aromatic carbocycles. The van der Waals surface area contributed by atoms with Gasteiger partial charge in [-0.1, -0.05) is 66.7 Å². The fourth-order valence-corrected chi connectivity index (χ4v) is 3.99. The number of hydrogen-bond donors (Lipinski definition) is 1. The van der Waals surface area contributed by atoms with Gasteiger partial charge in [-0.05, 0) is 30.0 Å². The summed E-state index contributed by atoms with van der Waals surface area (Å²) < 4.78 is 5.72. The molecule has 4 rings (SSSR count). The molecule has 0 fully saturated rings. The Kier molecular flexibility index (Phi) is 3.76. The molecule has 2 atom stereocenters. The maximum Gasteiger partial charge on any atom is 0.345 e. The van der Waals surface area contributed by atoms with E-state index < -0.39 is 17.5 Å². The van der Waals surface area contributed by atoms with E-state index in [4.69, 9.17) is 10.5 Å². The Morgan fingerprint density at radius 1 is 1.08 bits per heavy atom. The minimum Gasteiger partial charge on any atom is -0.450 e. The van der Waals surface area contributed by atoms with Crippen LogP contribution < -0.4 is 5.73 Å². The third-order valence-corrected chi connectivity index (χ3v) is 5.31. The van der Waals surface area contributed by atoms with Gasteiger partial charge in [-0.3, -0.25) is 4.79 Å². The third kappa shape index (κ3) is 2.46. The predicted molar refractivity (Wildman–Crippen MR) is 98.9 cm³/mol. The number of rotatable bonds is 3. The Hall–Kier alpha value is -3.14. The lowest BCUT2D eigenvalue weighted by Crippen LogP contribution is -2.38. The van der Waals surface area contributed by atoms with Crippen LogP contribution in [0.2, 0.25) is 0 Å². The molecule has 1 heterocycles. The van der Waals surface area contributed by atoms with Gasteiger partial charge in [-0.25, -0.2) is 4.79 Å². The van der Waals surface area contributed by atoms with Gasteiger partial charge < -0.3 is 10.5 Å². The lowest BCUT2D eigenvalue weighted by atomic mass is 9.69. The molecule has 0 aromatic heterocycles. The molecule has 2 unspecified atom stereocenters. The zero-order valence-electron chi connectivity index (χ0n) is 14.4. The first-order valence-corrected chi connectivity index (χ1v) is 8.59. The molecule has 2 aliphatic rings. The summed E-state index contributed by atoms with van der Waals surface area (Å²) in [6.45, 7) is 1.87. The van der Waals surface area contributed by atoms with Crippen LogP contribution in [-0.2, 0) is 14.3 Å². The highest BCUT2D eigenvalue weighted by Crippen LogP contribution is 2.51. The quantitative estimate of drug-likeness (QED) is 0.685. The average Bonchev–Trinajstić information content (AvgIpc) is 2.92. The van der Waals surface area contributed by atoms with Crippen molar-refractivity contribution in [2.75, 3.05) is 0 Å². The van der Waals surface area contributed by atoms with Crippen LogP contribution in [0.3, 0.4) is 0 Å². The maximum absolute atomic E-state index is 12.4. The molecule has 130 valence electrons. The molecule has 2 N–H and O–H groups in total. The topological polar surface area (TPSA) is 69.4 Å². The van der Waals surface area contributed by atoms with Gasteiger partial charge in [0.2, 0.25) is 0 Å². The first-order valence-electron chi connectivity index (χ1n) is 8.59. The van der Waals surface area contributed by atoms with E-state index in [1.54, 1.807) is 0 Å². The number of benzene rings is 2. The fourth-order valence-electron chi connectivity index (χ4n) is 3.99. The molecule has 4 heteroatoms. The summed E-state index contributed by atoms with van der Waals surface area (Å²) in [6.07, 6.45) is 2.60. The second-order valence-electron chi connectivity index (χ2n) is 6.85. The largest absolute Gasteiger partial charge is 0.450 e. The summed E-state index contributed by atoms with van der Waals surface area (Å²) in [5.41, 5.74) is 8.31. The summed E-state index contributed by atoms with van der Waals surface area (Å²) in [6, 6.07) is 19.9. The standard InChI is InChI=1S/C22H19NO3/c1-22-17(15-10-6-3-7-11-15)12-16(14-8-4-2-5-9-14)13-18(22)19(20(23)24)21(25)26-22/h2-11,13,17H,12H2,1H3,(H2,23,24). The highest BCUT2D eigenvalue weighted by atomic mass is 16.6. The highest BCUT2D eigenvalue weighted by molar-refractivity contribution is 6.19. The van der Waals surface area contributed by atoms with Gasteiger partial charge in [0.05, 0.1) is 0 Å². The summed E-state index contributed by atoms with van der Waals surface area (Å²) in [4.78, 5) is 24.3. The van der Waals surface area contributed by atoms with Gasteiger partial charge in [0.25, 0.3) is 5.91 Å². The van der Waals surface area contributed by atoms with Crippen LogP contribution in [0.4, 0.5) is 0 Å². The van der Waals surface area contributed by atoms with Crippen molar-refractivity contribution in [3.8, 4) is 0 Å². The van der Waals surface area contributed by atoms with Crippen LogP contribution in [0, 0.1) is 0 Å². The number of hydrogen-bond acceptors (Lipinski definition) is 3. The molecule has 0 saturated carbocycles. The number of carbonyl (C=O) groups is 2. The molecule has 0 spiro atoms. The van der Waals surface area contributed by atoms with Crippen LogP contribution in [0.5, 0.6) is 0 Å². The lowest BCUT2D eigenvalue weighted by molar-refractivity contribution is -0.147. The van der Waals surface area contributed by atoms with Crippen molar-refractivity contribution in [2.24, 2.45) is 5.73 Å². The van der Waals surface area contributed by atoms with E-state index in [9.17, 15) is 9.59 Å². The zero-order chi connectivity index (χ0) is 18.3. The number of primary amides is 1. The summed E-state index contributed by atoms with van der Waals surface area (Å²) in [7, 11) is 0. The number of nitrogens with two attached hydrogens (primary N) is 1. The van der Waals surface area contributed by atoms with Gasteiger partial charge in [-0.2, -0.15) is 0 Å². The Balaban J connectivity index is 1.94. The summed E-state index contributed by atoms with van der Waals surface area (Å²) in [5.74, 6) is -1.48. The van der Waals surface area contributed by atoms with Gasteiger partial charge in [0, 0.05) is 11.5 Å². The monoisotopic (exact) mass is 345 g/mol. The van der Waals surface area contributed by atoms with Crippen LogP contribution in [0.25, 0.3) is 5.57 Å². The van der Waals surface area contributed by atoms with Crippen molar-refractivity contribution >= 4 is 17.4 Å². The van der Waals surface area contributed by atoms with E-state index in [0.717, 1.165) is 16.7 Å². The number of fused-ring (bicyclic) bond motifs is 1. The number of carbonyl (C=O) groups excluding carboxylic acids is 2. The van der Waals surface area contributed by atoms with E-state index in [2.05, 4.69) is 0 Å². The molecule has 0 bridgehead atoms. The Labute approximate surface area is 152 Å². The lowest BCUT2D eigenvalue weighted by Gasteiger charge is -2.39. The molecule has 26 heavy (non-hydrogen) atoms. The molecular weight excluding hydrogens is 326 g/mol. The van der Waals surface area contributed by atoms with Crippen molar-refractivity contribution in [3.63, 3.8) is 0 Å². The molecule has 1 amide bonds. The summed E-state index contributed by atoms with van der Waals surface area (Å²) in [5, 5.41) is 0. The first kappa shape index (κ1) is 16.3. The zero-order valence-corrected chi connectivity index (χ0v) is 14.4. The Bertz CT molecular complexity index is 944. The van der Waals surface area contributed by atoms with E-state index in [1.165, 1.54) is 0 Å². The average molecular weight is 345 g/mol. The minimum atomic E-state index is -0.902. The molecule has 4 nitrogen and oxygen atoms in total. The number of allylic oxidation sites excluding steroid dienone is 1. The highest BCUT2D eigenvalue weighted by Gasteiger charge is 2.52. The SMILES string of the molecule is CC12OC(=O)C(C(N)=O)=C1C=C(c1ccccc1)CC2c1ccccc1. The van der Waals surface area contributed by atoms with Crippen molar-refractivity contribution in [1.82, 2.24) is 0 Å². The minimum absolute atomic E-state index is 0.0402. The molecule has 2 aromatic rings. The number of amides is 1. The van der Waals surface area contributed by atoms with Crippen molar-refractivity contribution in [2.45, 2.75) is 24.9 Å². The van der Waals surface area contributed by atoms with E-state index >= 15 is 0 Å². The molecule has 1 aliphatic heterocycles. The summed E-state index contributed by atoms with van der Waals surface area (Å²) >= 11 is 0. The van der Waals surface area contributed by atoms with Gasteiger partial charge in [0.1, 0.15) is 11.2 Å². The fraction of sp³-hybridized carbons (Fsp3) is 0.182. The van der Waals surface area contributed by atoms with Crippen molar-refractivity contribution in [1.29, 1.82) is 0 Å². The van der Waals surface area contributed by atoms with E-state index in [0.29, 0.717) is 12.0 Å². The van der Waals surface area contributed by atoms with Gasteiger partial charge >= 0.3 is 5.97 Å². The van der Waals surface area contributed by atoms with E-state index in [-0.39, 0.29) is 11.5 Å². The normalized spacial score (nSPS) is 24.7. The van der Waals surface area contributed by atoms with Crippen LogP contribution in [0.1, 0.15) is 30.4 Å². The molecular formula is C22H19NO3. The molecule has 0 radical (unpaired) electrons. The van der Waals surface area contributed by atoms with Crippen LogP contribution >= 0.6 is 0 Å². The molecule has 0 saturated heterocycles. The van der Waals surface area contributed by atoms with E-state index in [1.807, 2.05) is 73.7 Å². The smallest absolute Gasteiger partial charge is 0.345 e. The van der Waals surface area contributed by atoms with Crippen LogP contribution in [-0.4, -0.2) is 17.5 Å².